The predicted octanol–water partition coefficient (Wildman–Crippen LogP) is 8.01. The van der Waals surface area contributed by atoms with Gasteiger partial charge in [-0.25, -0.2) is 4.39 Å². The Hall–Kier alpha value is -3.38. The molecule has 0 aromatic carbocycles. The Balaban J connectivity index is 3.08. The lowest BCUT2D eigenvalue weighted by atomic mass is 9.76. The molecular weight excluding hydrogens is 471 g/mol. The first kappa shape index (κ1) is 32.6. The maximum Gasteiger partial charge on any atom is 0.153 e. The van der Waals surface area contributed by atoms with Crippen LogP contribution in [0.2, 0.25) is 0 Å². The summed E-state index contributed by atoms with van der Waals surface area (Å²) in [6.45, 7) is 26.0. The first-order chi connectivity index (χ1) is 18.1. The van der Waals surface area contributed by atoms with Crippen LogP contribution in [0.3, 0.4) is 0 Å². The highest BCUT2D eigenvalue weighted by atomic mass is 19.1. The van der Waals surface area contributed by atoms with Crippen LogP contribution in [0.15, 0.2) is 108 Å². The molecule has 1 aliphatic rings. The van der Waals surface area contributed by atoms with E-state index in [-0.39, 0.29) is 18.4 Å². The Morgan fingerprint density at radius 3 is 2.63 bits per heavy atom. The van der Waals surface area contributed by atoms with Crippen LogP contribution in [0.1, 0.15) is 47.5 Å². The van der Waals surface area contributed by atoms with E-state index in [1.54, 1.807) is 18.4 Å². The Labute approximate surface area is 230 Å². The maximum absolute atomic E-state index is 15.1. The maximum atomic E-state index is 15.1. The molecule has 4 unspecified atom stereocenters. The molecule has 204 valence electrons. The van der Waals surface area contributed by atoms with E-state index in [0.29, 0.717) is 19.4 Å². The Morgan fingerprint density at radius 1 is 1.32 bits per heavy atom. The fourth-order valence-corrected chi connectivity index (χ4v) is 4.16. The van der Waals surface area contributed by atoms with Gasteiger partial charge in [0.15, 0.2) is 6.10 Å². The highest BCUT2D eigenvalue weighted by Gasteiger charge is 2.37. The third-order valence-electron chi connectivity index (χ3n) is 6.31. The average Bonchev–Trinajstić information content (AvgIpc) is 2.87. The van der Waals surface area contributed by atoms with E-state index in [4.69, 9.17) is 4.74 Å². The standard InChI is InChI=1S/C34H45FN2O/c1-10-14-15-17-32(26(5)6)29(16-11-2)22-36-23-30-21-28(9)18-19-31(24-37-30)38-25-34(20-12-3,27(7)8)33(35)13-4/h10-12,14,17,20-22,24,28,31-33,36H,1-2,5,7,13,16,23,25H2,3-4,6,8-9H3/b20-12+,29-22-,30-21-,37-24-/t15?,28?,31?,32?,33?,34-/m0/s1. The molecule has 0 saturated carbocycles. The van der Waals surface area contributed by atoms with Crippen molar-refractivity contribution in [1.29, 1.82) is 0 Å². The Morgan fingerprint density at radius 2 is 2.05 bits per heavy atom. The van der Waals surface area contributed by atoms with Crippen molar-refractivity contribution >= 4 is 6.21 Å². The van der Waals surface area contributed by atoms with Crippen LogP contribution < -0.4 is 5.32 Å². The van der Waals surface area contributed by atoms with Gasteiger partial charge in [-0.05, 0) is 70.5 Å². The third-order valence-corrected chi connectivity index (χ3v) is 6.31. The van der Waals surface area contributed by atoms with Gasteiger partial charge in [0.2, 0.25) is 0 Å². The number of halogens is 1. The molecule has 5 atom stereocenters. The molecule has 4 heteroatoms. The summed E-state index contributed by atoms with van der Waals surface area (Å²) in [5, 5.41) is 3.39. The van der Waals surface area contributed by atoms with Crippen LogP contribution in [0.25, 0.3) is 0 Å². The Kier molecular flexibility index (Phi) is 14.8. The van der Waals surface area contributed by atoms with Crippen molar-refractivity contribution < 1.29 is 9.13 Å². The van der Waals surface area contributed by atoms with Gasteiger partial charge in [-0.15, -0.1) is 12.3 Å². The van der Waals surface area contributed by atoms with Gasteiger partial charge in [0, 0.05) is 18.1 Å². The van der Waals surface area contributed by atoms with Crippen LogP contribution in [0.5, 0.6) is 0 Å². The molecule has 3 nitrogen and oxygen atoms in total. The van der Waals surface area contributed by atoms with Crippen LogP contribution in [-0.2, 0) is 4.74 Å². The summed E-state index contributed by atoms with van der Waals surface area (Å²) in [5.74, 6) is 6.37. The van der Waals surface area contributed by atoms with E-state index in [2.05, 4.69) is 54.2 Å². The van der Waals surface area contributed by atoms with Crippen molar-refractivity contribution in [2.45, 2.75) is 59.7 Å². The van der Waals surface area contributed by atoms with E-state index in [0.717, 1.165) is 22.4 Å². The SMILES string of the molecule is C=CC=C=CC(C(=C)C)/C(=C\NCC1=C/C(C)C#CC(OC[C@@](/C=C/C)(C(=C)C)C(F)CC)/C=N\1)CC=C. The average molecular weight is 517 g/mol. The molecule has 0 aromatic heterocycles. The summed E-state index contributed by atoms with van der Waals surface area (Å²) < 4.78 is 21.2. The zero-order valence-electron chi connectivity index (χ0n) is 23.9. The van der Waals surface area contributed by atoms with Gasteiger partial charge in [-0.1, -0.05) is 74.0 Å². The zero-order valence-corrected chi connectivity index (χ0v) is 23.9. The number of allylic oxidation sites excluding steroid dienone is 7. The molecule has 1 rings (SSSR count). The molecule has 0 aromatic rings. The number of hydrogen-bond donors (Lipinski definition) is 1. The van der Waals surface area contributed by atoms with Gasteiger partial charge in [0.25, 0.3) is 0 Å². The molecule has 0 radical (unpaired) electrons. The van der Waals surface area contributed by atoms with E-state index >= 15 is 4.39 Å². The summed E-state index contributed by atoms with van der Waals surface area (Å²) in [4.78, 5) is 4.66. The molecule has 0 saturated heterocycles. The number of nitrogens with zero attached hydrogens (tertiary/aromatic N) is 1. The van der Waals surface area contributed by atoms with Gasteiger partial charge in [-0.3, -0.25) is 4.99 Å². The smallest absolute Gasteiger partial charge is 0.153 e. The first-order valence-electron chi connectivity index (χ1n) is 13.2. The largest absolute Gasteiger partial charge is 0.385 e. The van der Waals surface area contributed by atoms with Crippen molar-refractivity contribution in [1.82, 2.24) is 5.32 Å². The van der Waals surface area contributed by atoms with Gasteiger partial charge < -0.3 is 10.1 Å². The molecule has 38 heavy (non-hydrogen) atoms. The molecule has 1 aliphatic heterocycles. The van der Waals surface area contributed by atoms with Crippen LogP contribution in [-0.4, -0.2) is 31.6 Å². The fourth-order valence-electron chi connectivity index (χ4n) is 4.16. The van der Waals surface area contributed by atoms with Crippen LogP contribution in [0.4, 0.5) is 4.39 Å². The molecule has 0 spiro atoms. The summed E-state index contributed by atoms with van der Waals surface area (Å²) in [7, 11) is 0. The zero-order chi connectivity index (χ0) is 28.6. The van der Waals surface area contributed by atoms with Crippen molar-refractivity contribution in [3.05, 3.63) is 103 Å². The van der Waals surface area contributed by atoms with Crippen LogP contribution in [0, 0.1) is 29.1 Å². The van der Waals surface area contributed by atoms with E-state index in [1.807, 2.05) is 71.2 Å². The number of alkyl halides is 1. The minimum Gasteiger partial charge on any atom is -0.385 e. The van der Waals surface area contributed by atoms with Gasteiger partial charge in [0.05, 0.1) is 24.3 Å². The second kappa shape index (κ2) is 17.2. The second-order valence-electron chi connectivity index (χ2n) is 9.59. The molecule has 0 aliphatic carbocycles. The molecule has 0 amide bonds. The number of ether oxygens (including phenoxy) is 1. The van der Waals surface area contributed by atoms with Gasteiger partial charge >= 0.3 is 0 Å². The lowest BCUT2D eigenvalue weighted by Gasteiger charge is -2.34. The number of nitrogens with one attached hydrogen (secondary N) is 1. The highest BCUT2D eigenvalue weighted by molar-refractivity contribution is 5.69. The molecule has 1 N–H and O–H groups in total. The monoisotopic (exact) mass is 516 g/mol. The Bertz CT molecular complexity index is 1090. The minimum absolute atomic E-state index is 0.00637. The van der Waals surface area contributed by atoms with E-state index < -0.39 is 17.7 Å². The quantitative estimate of drug-likeness (QED) is 0.0976. The second-order valence-corrected chi connectivity index (χ2v) is 9.59. The summed E-state index contributed by atoms with van der Waals surface area (Å²) in [5.41, 5.74) is 5.96. The summed E-state index contributed by atoms with van der Waals surface area (Å²) in [6.07, 6.45) is 16.2. The van der Waals surface area contributed by atoms with Crippen molar-refractivity contribution in [2.75, 3.05) is 13.2 Å². The van der Waals surface area contributed by atoms with Gasteiger partial charge in [-0.2, -0.15) is 0 Å². The van der Waals surface area contributed by atoms with Crippen molar-refractivity contribution in [2.24, 2.45) is 22.2 Å². The topological polar surface area (TPSA) is 33.6 Å². The third kappa shape index (κ3) is 10.2. The number of rotatable bonds is 16. The van der Waals surface area contributed by atoms with E-state index in [9.17, 15) is 0 Å². The normalized spacial score (nSPS) is 22.5. The number of hydrogen-bond acceptors (Lipinski definition) is 3. The lowest BCUT2D eigenvalue weighted by Crippen LogP contribution is -2.37. The molecule has 0 fully saturated rings. The van der Waals surface area contributed by atoms with Crippen molar-refractivity contribution in [3.8, 4) is 11.8 Å². The predicted molar refractivity (Wildman–Crippen MR) is 163 cm³/mol. The first-order valence-corrected chi connectivity index (χ1v) is 13.2. The minimum atomic E-state index is -1.10. The fraction of sp³-hybridized carbons (Fsp3) is 0.412. The molecule has 1 heterocycles. The van der Waals surface area contributed by atoms with E-state index in [1.165, 1.54) is 0 Å². The lowest BCUT2D eigenvalue weighted by molar-refractivity contribution is 0.0390. The number of aliphatic imine (C=N–C) groups is 1. The summed E-state index contributed by atoms with van der Waals surface area (Å²) >= 11 is 0. The van der Waals surface area contributed by atoms with Gasteiger partial charge in [0.1, 0.15) is 6.17 Å². The molecular formula is C34H45FN2O. The summed E-state index contributed by atoms with van der Waals surface area (Å²) in [6, 6.07) is 0. The van der Waals surface area contributed by atoms with Crippen LogP contribution >= 0.6 is 0 Å². The van der Waals surface area contributed by atoms with Crippen molar-refractivity contribution in [3.63, 3.8) is 0 Å². The molecule has 0 bridgehead atoms. The highest BCUT2D eigenvalue weighted by Crippen LogP contribution is 2.36.